The van der Waals surface area contributed by atoms with Crippen molar-refractivity contribution in [2.75, 3.05) is 44.8 Å². The zero-order valence-corrected chi connectivity index (χ0v) is 25.3. The molecule has 6 unspecified atom stereocenters. The van der Waals surface area contributed by atoms with Gasteiger partial charge in [0.1, 0.15) is 5.75 Å². The molecule has 2 aromatic rings. The van der Waals surface area contributed by atoms with Crippen molar-refractivity contribution in [2.45, 2.75) is 76.4 Å². The summed E-state index contributed by atoms with van der Waals surface area (Å²) in [5, 5.41) is 12.0. The Labute approximate surface area is 249 Å². The Balaban J connectivity index is 1.35. The highest BCUT2D eigenvalue weighted by Gasteiger charge is 2.42. The number of carbonyl (C=O) groups excluding carboxylic acids is 1. The molecule has 41 heavy (non-hydrogen) atoms. The van der Waals surface area contributed by atoms with Crippen LogP contribution in [0, 0.1) is 17.8 Å². The first-order chi connectivity index (χ1) is 19.9. The highest BCUT2D eigenvalue weighted by molar-refractivity contribution is 6.30. The second-order valence-electron chi connectivity index (χ2n) is 12.9. The average molecular weight is 581 g/mol. The van der Waals surface area contributed by atoms with Crippen molar-refractivity contribution in [1.29, 1.82) is 0 Å². The quantitative estimate of drug-likeness (QED) is 0.456. The van der Waals surface area contributed by atoms with Crippen molar-refractivity contribution < 1.29 is 19.4 Å². The van der Waals surface area contributed by atoms with Gasteiger partial charge in [0, 0.05) is 44.2 Å². The molecule has 6 atom stereocenters. The number of anilines is 1. The van der Waals surface area contributed by atoms with Gasteiger partial charge in [-0.15, -0.1) is 0 Å². The van der Waals surface area contributed by atoms with E-state index in [0.717, 1.165) is 80.4 Å². The highest BCUT2D eigenvalue weighted by atomic mass is 35.5. The van der Waals surface area contributed by atoms with E-state index < -0.39 is 6.10 Å². The van der Waals surface area contributed by atoms with Crippen LogP contribution < -0.4 is 9.64 Å². The number of carbonyl (C=O) groups is 1. The maximum atomic E-state index is 13.0. The van der Waals surface area contributed by atoms with Crippen LogP contribution >= 0.6 is 11.6 Å². The topological polar surface area (TPSA) is 62.2 Å². The van der Waals surface area contributed by atoms with E-state index >= 15 is 0 Å². The van der Waals surface area contributed by atoms with Gasteiger partial charge in [-0.05, 0) is 97.2 Å². The van der Waals surface area contributed by atoms with Gasteiger partial charge in [-0.1, -0.05) is 37.1 Å². The molecular formula is C34H45ClN2O4. The number of halogens is 1. The van der Waals surface area contributed by atoms with Gasteiger partial charge in [0.25, 0.3) is 0 Å². The lowest BCUT2D eigenvalue weighted by Crippen LogP contribution is -2.47. The summed E-state index contributed by atoms with van der Waals surface area (Å²) in [6, 6.07) is 12.3. The summed E-state index contributed by atoms with van der Waals surface area (Å²) in [6.07, 6.45) is 7.19. The van der Waals surface area contributed by atoms with Gasteiger partial charge in [0.05, 0.1) is 30.9 Å². The largest absolute Gasteiger partial charge is 0.491 e. The van der Waals surface area contributed by atoms with E-state index in [1.54, 1.807) is 4.90 Å². The molecule has 0 aromatic heterocycles. The zero-order valence-electron chi connectivity index (χ0n) is 24.6. The SMILES string of the molecule is CCCc1cc(Cl)ccc1C1COc2ccc3cc2N(C1)CC1CCC1C1CC(CCO1)CCN(C)C(=O)CC3O. The van der Waals surface area contributed by atoms with Crippen molar-refractivity contribution in [2.24, 2.45) is 17.8 Å². The van der Waals surface area contributed by atoms with E-state index in [-0.39, 0.29) is 18.2 Å². The highest BCUT2D eigenvalue weighted by Crippen LogP contribution is 2.45. The Morgan fingerprint density at radius 1 is 1.07 bits per heavy atom. The first-order valence-electron chi connectivity index (χ1n) is 15.7. The molecule has 1 aliphatic carbocycles. The molecule has 4 aliphatic rings. The number of hydrogen-bond donors (Lipinski definition) is 1. The van der Waals surface area contributed by atoms with Crippen molar-refractivity contribution in [1.82, 2.24) is 4.90 Å². The molecule has 7 heteroatoms. The Kier molecular flexibility index (Phi) is 8.81. The van der Waals surface area contributed by atoms with Gasteiger partial charge < -0.3 is 24.4 Å². The maximum Gasteiger partial charge on any atom is 0.225 e. The Bertz CT molecular complexity index is 1240. The van der Waals surface area contributed by atoms with Crippen molar-refractivity contribution in [3.8, 4) is 5.75 Å². The standard InChI is InChI=1S/C34H45ClN2O4/c1-3-4-23-16-27(35)7-9-28(23)26-20-37-19-25-5-8-29(25)33-15-22(12-14-40-33)11-13-36(2)34(39)18-31(38)24-6-10-32(41-21-26)30(37)17-24/h6-7,9-10,16-17,22,25-26,29,31,33,38H,3-5,8,11-15,18-21H2,1-2H3. The fraction of sp³-hybridized carbons (Fsp3) is 0.618. The molecular weight excluding hydrogens is 536 g/mol. The Morgan fingerprint density at radius 2 is 1.95 bits per heavy atom. The number of benzene rings is 2. The van der Waals surface area contributed by atoms with Crippen molar-refractivity contribution in [3.63, 3.8) is 0 Å². The minimum Gasteiger partial charge on any atom is -0.491 e. The minimum absolute atomic E-state index is 0.0124. The lowest BCUT2D eigenvalue weighted by atomic mass is 9.67. The molecule has 1 saturated heterocycles. The van der Waals surface area contributed by atoms with Crippen LogP contribution in [0.3, 0.4) is 0 Å². The first kappa shape index (κ1) is 28.8. The third kappa shape index (κ3) is 6.25. The van der Waals surface area contributed by atoms with Crippen molar-refractivity contribution in [3.05, 3.63) is 58.1 Å². The third-order valence-corrected chi connectivity index (χ3v) is 10.4. The zero-order chi connectivity index (χ0) is 28.5. The molecule has 6 nitrogen and oxygen atoms in total. The summed E-state index contributed by atoms with van der Waals surface area (Å²) in [5.74, 6) is 2.75. The molecule has 6 rings (SSSR count). The molecule has 0 radical (unpaired) electrons. The normalized spacial score (nSPS) is 30.6. The number of amides is 1. The van der Waals surface area contributed by atoms with E-state index in [1.165, 1.54) is 24.0 Å². The molecule has 1 amide bonds. The fourth-order valence-corrected chi connectivity index (χ4v) is 7.73. The molecule has 222 valence electrons. The second kappa shape index (κ2) is 12.5. The van der Waals surface area contributed by atoms with Gasteiger partial charge in [0.15, 0.2) is 0 Å². The summed E-state index contributed by atoms with van der Waals surface area (Å²) in [7, 11) is 1.87. The number of nitrogens with zero attached hydrogens (tertiary/aromatic N) is 2. The van der Waals surface area contributed by atoms with Crippen LogP contribution in [0.5, 0.6) is 5.75 Å². The van der Waals surface area contributed by atoms with E-state index in [0.29, 0.717) is 30.5 Å². The smallest absolute Gasteiger partial charge is 0.225 e. The minimum atomic E-state index is -0.847. The Morgan fingerprint density at radius 3 is 2.76 bits per heavy atom. The molecule has 0 spiro atoms. The summed E-state index contributed by atoms with van der Waals surface area (Å²) in [6.45, 7) is 6.13. The summed E-state index contributed by atoms with van der Waals surface area (Å²) >= 11 is 6.42. The van der Waals surface area contributed by atoms with Gasteiger partial charge >= 0.3 is 0 Å². The predicted octanol–water partition coefficient (Wildman–Crippen LogP) is 6.38. The summed E-state index contributed by atoms with van der Waals surface area (Å²) in [4.78, 5) is 17.4. The molecule has 3 heterocycles. The number of rotatable bonds is 3. The Hall–Kier alpha value is -2.28. The maximum absolute atomic E-state index is 13.0. The van der Waals surface area contributed by atoms with E-state index in [4.69, 9.17) is 21.1 Å². The second-order valence-corrected chi connectivity index (χ2v) is 13.3. The monoisotopic (exact) mass is 580 g/mol. The lowest BCUT2D eigenvalue weighted by molar-refractivity contribution is -0.132. The molecule has 2 aromatic carbocycles. The van der Waals surface area contributed by atoms with E-state index in [1.807, 2.05) is 25.2 Å². The molecule has 2 fully saturated rings. The van der Waals surface area contributed by atoms with Gasteiger partial charge in [-0.2, -0.15) is 0 Å². The van der Waals surface area contributed by atoms with Crippen LogP contribution in [0.2, 0.25) is 5.02 Å². The van der Waals surface area contributed by atoms with E-state index in [9.17, 15) is 9.90 Å². The number of hydrogen-bond acceptors (Lipinski definition) is 5. The number of aryl methyl sites for hydroxylation is 1. The summed E-state index contributed by atoms with van der Waals surface area (Å²) in [5.41, 5.74) is 4.41. The number of aliphatic hydroxyl groups excluding tert-OH is 1. The van der Waals surface area contributed by atoms with Gasteiger partial charge in [0.2, 0.25) is 5.91 Å². The molecule has 3 aliphatic heterocycles. The van der Waals surface area contributed by atoms with Gasteiger partial charge in [-0.25, -0.2) is 0 Å². The molecule has 1 saturated carbocycles. The fourth-order valence-electron chi connectivity index (χ4n) is 7.53. The predicted molar refractivity (Wildman–Crippen MR) is 163 cm³/mol. The van der Waals surface area contributed by atoms with Crippen LogP contribution in [-0.2, 0) is 16.0 Å². The lowest BCUT2D eigenvalue weighted by Gasteiger charge is -2.47. The van der Waals surface area contributed by atoms with Crippen LogP contribution in [0.15, 0.2) is 36.4 Å². The first-order valence-corrected chi connectivity index (χ1v) is 16.1. The van der Waals surface area contributed by atoms with Crippen LogP contribution in [0.4, 0.5) is 5.69 Å². The molecule has 1 N–H and O–H groups in total. The van der Waals surface area contributed by atoms with Crippen LogP contribution in [-0.4, -0.2) is 61.9 Å². The van der Waals surface area contributed by atoms with Gasteiger partial charge in [-0.3, -0.25) is 4.79 Å². The number of fused-ring (bicyclic) bond motifs is 5. The number of ether oxygens (including phenoxy) is 2. The number of aliphatic hydroxyl groups is 1. The van der Waals surface area contributed by atoms with Crippen LogP contribution in [0.1, 0.15) is 80.6 Å². The van der Waals surface area contributed by atoms with E-state index in [2.05, 4.69) is 30.0 Å². The summed E-state index contributed by atoms with van der Waals surface area (Å²) < 4.78 is 12.9. The van der Waals surface area contributed by atoms with Crippen molar-refractivity contribution >= 4 is 23.2 Å². The van der Waals surface area contributed by atoms with Crippen LogP contribution in [0.25, 0.3) is 0 Å². The molecule has 4 bridgehead atoms. The average Bonchev–Trinajstić information content (AvgIpc) is 3.13. The third-order valence-electron chi connectivity index (χ3n) is 10.2.